The molecule has 53 heavy (non-hydrogen) atoms. The fourth-order valence-electron chi connectivity index (χ4n) is 6.07. The number of hydrogen-bond donors (Lipinski definition) is 5. The van der Waals surface area contributed by atoms with Gasteiger partial charge in [-0.1, -0.05) is 11.6 Å². The Hall–Kier alpha value is -5.16. The van der Waals surface area contributed by atoms with Gasteiger partial charge >= 0.3 is 11.7 Å². The number of aryl methyl sites for hydroxylation is 1. The second-order valence-corrected chi connectivity index (χ2v) is 14.0. The molecule has 0 spiro atoms. The van der Waals surface area contributed by atoms with E-state index < -0.39 is 59.3 Å². The van der Waals surface area contributed by atoms with Gasteiger partial charge in [-0.15, -0.1) is 0 Å². The van der Waals surface area contributed by atoms with Gasteiger partial charge in [0.15, 0.2) is 23.6 Å². The van der Waals surface area contributed by atoms with E-state index in [1.54, 1.807) is 46.8 Å². The van der Waals surface area contributed by atoms with Crippen molar-refractivity contribution in [3.8, 4) is 17.2 Å². The Morgan fingerprint density at radius 2 is 1.74 bits per heavy atom. The topological polar surface area (TPSA) is 224 Å². The van der Waals surface area contributed by atoms with Crippen molar-refractivity contribution >= 4 is 34.6 Å². The average Bonchev–Trinajstić information content (AvgIpc) is 3.06. The molecule has 4 atom stereocenters. The molecule has 0 saturated carbocycles. The van der Waals surface area contributed by atoms with Crippen molar-refractivity contribution in [3.05, 3.63) is 68.6 Å². The molecule has 2 aromatic carbocycles. The van der Waals surface area contributed by atoms with E-state index in [0.29, 0.717) is 11.1 Å². The number of nitrogens with one attached hydrogen (secondary N) is 1. The minimum Gasteiger partial charge on any atom is -0.507 e. The molecule has 0 bridgehead atoms. The van der Waals surface area contributed by atoms with Gasteiger partial charge in [-0.05, 0) is 85.0 Å². The quantitative estimate of drug-likeness (QED) is 0.133. The zero-order chi connectivity index (χ0) is 39.5. The van der Waals surface area contributed by atoms with Crippen molar-refractivity contribution in [1.82, 2.24) is 9.80 Å². The second-order valence-electron chi connectivity index (χ2n) is 14.0. The van der Waals surface area contributed by atoms with E-state index in [0.717, 1.165) is 5.57 Å². The number of carbonyl (C=O) groups excluding carboxylic acids is 3. The summed E-state index contributed by atoms with van der Waals surface area (Å²) in [5.41, 5.74) is 4.44. The van der Waals surface area contributed by atoms with E-state index in [9.17, 15) is 34.5 Å². The van der Waals surface area contributed by atoms with Gasteiger partial charge in [-0.2, -0.15) is 0 Å². The van der Waals surface area contributed by atoms with Gasteiger partial charge < -0.3 is 59.5 Å². The van der Waals surface area contributed by atoms with Crippen molar-refractivity contribution in [1.29, 1.82) is 0 Å². The Kier molecular flexibility index (Phi) is 12.4. The first kappa shape index (κ1) is 40.6. The summed E-state index contributed by atoms with van der Waals surface area (Å²) in [6.45, 7) is 8.76. The third kappa shape index (κ3) is 9.08. The maximum absolute atomic E-state index is 13.6. The standard InChI is InChI=1S/C37H48N4O12/c1-18(2)10-11-20-14-21(15-22(27(20)43)16-41(8)25(42)17-40(6)7)33(46)39-26-28(44)23-12-13-24(19(3)30(23)51-34(26)47)50-35-29(45)31(52-36(38)48)32(49-9)37(4,5)53-35/h10,12-15,29,31-32,35,43-45H,11,16-17H2,1-9H3,(H2,38,48)(H,39,46)/t29-,31+,32-,35-/m1/s1. The van der Waals surface area contributed by atoms with Crippen LogP contribution >= 0.6 is 0 Å². The molecule has 0 aliphatic carbocycles. The SMILES string of the molecule is CO[C@@H]1[C@@H](OC(N)=O)[C@@H](O)[C@H](Oc2ccc3c(O)c(NC(=O)c4cc(CC=C(C)C)c(O)c(CN(C)C(=O)CN(C)C)c4)c(=O)oc3c2C)OC1(C)C. The Morgan fingerprint density at radius 3 is 2.34 bits per heavy atom. The molecular formula is C37H48N4O12. The maximum Gasteiger partial charge on any atom is 0.404 e. The number of allylic oxidation sites excluding steroid dienone is 2. The smallest absolute Gasteiger partial charge is 0.404 e. The first-order chi connectivity index (χ1) is 24.7. The Morgan fingerprint density at radius 1 is 1.08 bits per heavy atom. The molecule has 1 fully saturated rings. The normalized spacial score (nSPS) is 19.5. The predicted octanol–water partition coefficient (Wildman–Crippen LogP) is 3.15. The summed E-state index contributed by atoms with van der Waals surface area (Å²) in [6.07, 6.45) is -4.06. The number of fused-ring (bicyclic) bond motifs is 1. The molecule has 1 aliphatic rings. The Bertz CT molecular complexity index is 1970. The minimum atomic E-state index is -1.55. The summed E-state index contributed by atoms with van der Waals surface area (Å²) in [5.74, 6) is -1.54. The minimum absolute atomic E-state index is 0.000696. The maximum atomic E-state index is 13.6. The van der Waals surface area contributed by atoms with Crippen LogP contribution in [0.4, 0.5) is 10.5 Å². The lowest BCUT2D eigenvalue weighted by atomic mass is 9.89. The molecule has 3 amide bonds. The van der Waals surface area contributed by atoms with E-state index in [1.165, 1.54) is 36.3 Å². The second kappa shape index (κ2) is 16.2. The number of likely N-dealkylation sites (N-methyl/N-ethyl adjacent to an activating group) is 2. The van der Waals surface area contributed by atoms with Crippen LogP contribution in [-0.2, 0) is 32.0 Å². The number of phenolic OH excluding ortho intramolecular Hbond substituents is 1. The van der Waals surface area contributed by atoms with Crippen LogP contribution in [0.5, 0.6) is 17.2 Å². The number of rotatable bonds is 12. The van der Waals surface area contributed by atoms with Crippen molar-refractivity contribution in [3.63, 3.8) is 0 Å². The molecule has 0 unspecified atom stereocenters. The first-order valence-electron chi connectivity index (χ1n) is 16.7. The van der Waals surface area contributed by atoms with E-state index in [2.05, 4.69) is 5.32 Å². The number of aromatic hydroxyl groups is 2. The zero-order valence-corrected chi connectivity index (χ0v) is 31.3. The monoisotopic (exact) mass is 740 g/mol. The van der Waals surface area contributed by atoms with Crippen LogP contribution in [0.3, 0.4) is 0 Å². The van der Waals surface area contributed by atoms with E-state index >= 15 is 0 Å². The van der Waals surface area contributed by atoms with E-state index in [1.807, 2.05) is 19.9 Å². The molecule has 288 valence electrons. The molecule has 1 aromatic heterocycles. The largest absolute Gasteiger partial charge is 0.507 e. The van der Waals surface area contributed by atoms with Crippen molar-refractivity contribution in [2.75, 3.05) is 40.1 Å². The highest BCUT2D eigenvalue weighted by molar-refractivity contribution is 6.07. The Balaban J connectivity index is 1.66. The van der Waals surface area contributed by atoms with Crippen LogP contribution in [0, 0.1) is 6.92 Å². The van der Waals surface area contributed by atoms with E-state index in [4.69, 9.17) is 29.1 Å². The molecule has 1 aliphatic heterocycles. The fourth-order valence-corrected chi connectivity index (χ4v) is 6.07. The number of anilines is 1. The third-order valence-electron chi connectivity index (χ3n) is 8.80. The molecule has 0 radical (unpaired) electrons. The van der Waals surface area contributed by atoms with Crippen LogP contribution in [0.1, 0.15) is 54.7 Å². The number of benzene rings is 2. The van der Waals surface area contributed by atoms with Crippen LogP contribution in [-0.4, -0.2) is 108 Å². The van der Waals surface area contributed by atoms with Crippen LogP contribution < -0.4 is 21.4 Å². The number of aliphatic hydroxyl groups is 1. The van der Waals surface area contributed by atoms with Gasteiger partial charge in [-0.25, -0.2) is 9.59 Å². The molecule has 16 heteroatoms. The number of phenols is 1. The number of nitrogens with zero attached hydrogens (tertiary/aromatic N) is 2. The van der Waals surface area contributed by atoms with Gasteiger partial charge in [-0.3, -0.25) is 9.59 Å². The van der Waals surface area contributed by atoms with Crippen molar-refractivity contribution in [2.45, 2.75) is 77.8 Å². The molecule has 3 aromatic rings. The summed E-state index contributed by atoms with van der Waals surface area (Å²) in [5, 5.41) is 35.9. The average molecular weight is 741 g/mol. The lowest BCUT2D eigenvalue weighted by molar-refractivity contribution is -0.304. The highest BCUT2D eigenvalue weighted by Gasteiger charge is 2.53. The molecule has 2 heterocycles. The summed E-state index contributed by atoms with van der Waals surface area (Å²) in [7, 11) is 6.46. The number of ether oxygens (including phenoxy) is 4. The number of nitrogens with two attached hydrogens (primary N) is 1. The summed E-state index contributed by atoms with van der Waals surface area (Å²) in [4.78, 5) is 54.3. The third-order valence-corrected chi connectivity index (χ3v) is 8.80. The lowest BCUT2D eigenvalue weighted by Gasteiger charge is -2.47. The highest BCUT2D eigenvalue weighted by Crippen LogP contribution is 2.39. The van der Waals surface area contributed by atoms with Gasteiger partial charge in [0.2, 0.25) is 12.2 Å². The number of hydrogen-bond acceptors (Lipinski definition) is 13. The molecule has 4 rings (SSSR count). The predicted molar refractivity (Wildman–Crippen MR) is 194 cm³/mol. The number of amides is 3. The highest BCUT2D eigenvalue weighted by atomic mass is 16.7. The van der Waals surface area contributed by atoms with Gasteiger partial charge in [0.25, 0.3) is 5.91 Å². The molecule has 16 nitrogen and oxygen atoms in total. The molecular weight excluding hydrogens is 692 g/mol. The molecule has 1 saturated heterocycles. The number of aliphatic hydroxyl groups excluding tert-OH is 1. The zero-order valence-electron chi connectivity index (χ0n) is 31.3. The van der Waals surface area contributed by atoms with Gasteiger partial charge in [0, 0.05) is 37.4 Å². The van der Waals surface area contributed by atoms with E-state index in [-0.39, 0.29) is 59.0 Å². The van der Waals surface area contributed by atoms with Crippen LogP contribution in [0.15, 0.2) is 45.1 Å². The number of carbonyl (C=O) groups is 3. The summed E-state index contributed by atoms with van der Waals surface area (Å²) >= 11 is 0. The Labute approximate surface area is 306 Å². The van der Waals surface area contributed by atoms with Gasteiger partial charge in [0.1, 0.15) is 23.2 Å². The van der Waals surface area contributed by atoms with Crippen LogP contribution in [0.25, 0.3) is 11.0 Å². The van der Waals surface area contributed by atoms with Crippen molar-refractivity contribution < 1.29 is 53.1 Å². The number of primary amides is 1. The molecule has 6 N–H and O–H groups in total. The van der Waals surface area contributed by atoms with Crippen molar-refractivity contribution in [2.24, 2.45) is 5.73 Å². The first-order valence-corrected chi connectivity index (χ1v) is 16.7. The number of methoxy groups -OCH3 is 1. The summed E-state index contributed by atoms with van der Waals surface area (Å²) < 4.78 is 28.1. The lowest BCUT2D eigenvalue weighted by Crippen LogP contribution is -2.65. The summed E-state index contributed by atoms with van der Waals surface area (Å²) in [6, 6.07) is 5.71. The fraction of sp³-hybridized carbons (Fsp3) is 0.459. The van der Waals surface area contributed by atoms with Crippen LogP contribution in [0.2, 0.25) is 0 Å². The van der Waals surface area contributed by atoms with Gasteiger partial charge in [0.05, 0.1) is 17.5 Å².